The van der Waals surface area contributed by atoms with E-state index in [1.54, 1.807) is 30.1 Å². The number of carbonyl (C=O) groups excluding carboxylic acids is 2. The zero-order valence-electron chi connectivity index (χ0n) is 16.5. The molecule has 1 aromatic heterocycles. The predicted molar refractivity (Wildman–Crippen MR) is 108 cm³/mol. The molecule has 0 unspecified atom stereocenters. The monoisotopic (exact) mass is 390 g/mol. The van der Waals surface area contributed by atoms with Crippen LogP contribution in [0.5, 0.6) is 0 Å². The van der Waals surface area contributed by atoms with Gasteiger partial charge in [0.15, 0.2) is 0 Å². The normalized spacial score (nSPS) is 13.7. The number of hydrogen-bond donors (Lipinski definition) is 0. The summed E-state index contributed by atoms with van der Waals surface area (Å²) in [5, 5.41) is 4.01. The number of benzene rings is 2. The molecule has 0 N–H and O–H groups in total. The molecule has 0 spiro atoms. The van der Waals surface area contributed by atoms with Crippen molar-refractivity contribution in [3.8, 4) is 11.4 Å². The van der Waals surface area contributed by atoms with E-state index in [1.165, 1.54) is 4.90 Å². The lowest BCUT2D eigenvalue weighted by Crippen LogP contribution is -2.27. The van der Waals surface area contributed by atoms with Crippen molar-refractivity contribution >= 4 is 17.5 Å². The van der Waals surface area contributed by atoms with Gasteiger partial charge in [0.1, 0.15) is 0 Å². The van der Waals surface area contributed by atoms with Crippen LogP contribution in [0.1, 0.15) is 34.7 Å². The Balaban J connectivity index is 1.46. The van der Waals surface area contributed by atoms with Crippen LogP contribution in [0.3, 0.4) is 0 Å². The largest absolute Gasteiger partial charge is 0.337 e. The third-order valence-electron chi connectivity index (χ3n) is 4.98. The maximum atomic E-state index is 12.8. The molecular weight excluding hydrogens is 368 g/mol. The summed E-state index contributed by atoms with van der Waals surface area (Å²) < 4.78 is 5.32. The number of amides is 2. The van der Waals surface area contributed by atoms with Gasteiger partial charge >= 0.3 is 0 Å². The van der Waals surface area contributed by atoms with E-state index in [1.807, 2.05) is 37.3 Å². The van der Waals surface area contributed by atoms with Crippen molar-refractivity contribution in [2.75, 3.05) is 18.5 Å². The molecule has 0 aliphatic carbocycles. The molecule has 3 aromatic rings. The molecule has 7 heteroatoms. The highest BCUT2D eigenvalue weighted by atomic mass is 16.5. The van der Waals surface area contributed by atoms with Crippen molar-refractivity contribution in [2.24, 2.45) is 0 Å². The van der Waals surface area contributed by atoms with Crippen LogP contribution in [-0.4, -0.2) is 40.4 Å². The molecule has 1 aliphatic heterocycles. The van der Waals surface area contributed by atoms with Gasteiger partial charge in [0.2, 0.25) is 17.6 Å². The Hall–Kier alpha value is -3.48. The van der Waals surface area contributed by atoms with Crippen LogP contribution in [0, 0.1) is 6.92 Å². The van der Waals surface area contributed by atoms with E-state index < -0.39 is 0 Å². The molecule has 1 fully saturated rings. The number of anilines is 1. The lowest BCUT2D eigenvalue weighted by Gasteiger charge is -2.18. The van der Waals surface area contributed by atoms with E-state index in [9.17, 15) is 9.59 Å². The minimum atomic E-state index is -0.173. The Bertz CT molecular complexity index is 1040. The summed E-state index contributed by atoms with van der Waals surface area (Å²) in [6.45, 7) is 2.90. The van der Waals surface area contributed by atoms with E-state index in [-0.39, 0.29) is 18.4 Å². The molecule has 29 heavy (non-hydrogen) atoms. The lowest BCUT2D eigenvalue weighted by atomic mass is 10.1. The molecule has 1 aliphatic rings. The van der Waals surface area contributed by atoms with Crippen LogP contribution in [0.2, 0.25) is 0 Å². The molecule has 0 atom stereocenters. The van der Waals surface area contributed by atoms with Gasteiger partial charge in [0.05, 0.1) is 6.54 Å². The molecule has 1 saturated heterocycles. The Kier molecular flexibility index (Phi) is 5.12. The van der Waals surface area contributed by atoms with Gasteiger partial charge in [-0.1, -0.05) is 41.1 Å². The quantitative estimate of drug-likeness (QED) is 0.667. The molecule has 7 nitrogen and oxygen atoms in total. The van der Waals surface area contributed by atoms with Crippen molar-refractivity contribution in [2.45, 2.75) is 26.3 Å². The van der Waals surface area contributed by atoms with Crippen molar-refractivity contribution in [1.82, 2.24) is 15.0 Å². The fraction of sp³-hybridized carbons (Fsp3) is 0.273. The maximum absolute atomic E-state index is 12.8. The topological polar surface area (TPSA) is 79.5 Å². The van der Waals surface area contributed by atoms with Crippen LogP contribution in [0.4, 0.5) is 5.69 Å². The summed E-state index contributed by atoms with van der Waals surface area (Å²) in [6, 6.07) is 15.0. The molecule has 2 amide bonds. The third kappa shape index (κ3) is 4.03. The molecule has 0 saturated carbocycles. The smallest absolute Gasteiger partial charge is 0.254 e. The van der Waals surface area contributed by atoms with Crippen molar-refractivity contribution in [3.63, 3.8) is 0 Å². The van der Waals surface area contributed by atoms with E-state index in [0.717, 1.165) is 23.2 Å². The van der Waals surface area contributed by atoms with Crippen LogP contribution in [0.15, 0.2) is 53.1 Å². The number of nitrogens with zero attached hydrogens (tertiary/aromatic N) is 4. The summed E-state index contributed by atoms with van der Waals surface area (Å²) in [4.78, 5) is 32.5. The number of rotatable bonds is 5. The number of hydrogen-bond acceptors (Lipinski definition) is 5. The van der Waals surface area contributed by atoms with Gasteiger partial charge in [0, 0.05) is 36.8 Å². The highest BCUT2D eigenvalue weighted by Gasteiger charge is 2.23. The zero-order valence-corrected chi connectivity index (χ0v) is 16.5. The maximum Gasteiger partial charge on any atom is 0.254 e. The van der Waals surface area contributed by atoms with Gasteiger partial charge < -0.3 is 14.3 Å². The molecule has 0 radical (unpaired) electrons. The average molecular weight is 390 g/mol. The van der Waals surface area contributed by atoms with Crippen molar-refractivity contribution in [3.05, 3.63) is 65.5 Å². The van der Waals surface area contributed by atoms with Crippen molar-refractivity contribution < 1.29 is 14.1 Å². The molecule has 2 aromatic carbocycles. The van der Waals surface area contributed by atoms with Gasteiger partial charge in [-0.2, -0.15) is 4.98 Å². The van der Waals surface area contributed by atoms with Gasteiger partial charge in [-0.15, -0.1) is 0 Å². The number of aromatic nitrogens is 2. The molecule has 4 rings (SSSR count). The van der Waals surface area contributed by atoms with E-state index >= 15 is 0 Å². The molecule has 0 bridgehead atoms. The third-order valence-corrected chi connectivity index (χ3v) is 4.98. The highest BCUT2D eigenvalue weighted by molar-refractivity contribution is 5.98. The molecule has 2 heterocycles. The van der Waals surface area contributed by atoms with Crippen molar-refractivity contribution in [1.29, 1.82) is 0 Å². The average Bonchev–Trinajstić information content (AvgIpc) is 3.37. The Morgan fingerprint density at radius 2 is 2.00 bits per heavy atom. The first-order valence-corrected chi connectivity index (χ1v) is 9.57. The number of carbonyl (C=O) groups is 2. The summed E-state index contributed by atoms with van der Waals surface area (Å²) in [6.07, 6.45) is 1.40. The second-order valence-electron chi connectivity index (χ2n) is 7.24. The van der Waals surface area contributed by atoms with Crippen LogP contribution >= 0.6 is 0 Å². The minimum Gasteiger partial charge on any atom is -0.337 e. The first-order valence-electron chi connectivity index (χ1n) is 9.57. The molecule has 148 valence electrons. The second kappa shape index (κ2) is 7.87. The van der Waals surface area contributed by atoms with Crippen LogP contribution in [-0.2, 0) is 11.3 Å². The first-order chi connectivity index (χ1) is 14.0. The van der Waals surface area contributed by atoms with Gasteiger partial charge in [-0.25, -0.2) is 0 Å². The minimum absolute atomic E-state index is 0.0949. The summed E-state index contributed by atoms with van der Waals surface area (Å²) >= 11 is 0. The first kappa shape index (κ1) is 18.9. The standard InChI is InChI=1S/C22H22N4O3/c1-15-8-10-16(11-9-15)21-23-19(29-24-21)14-25(2)22(28)17-5-3-6-18(13-17)26-12-4-7-20(26)27/h3,5-6,8-11,13H,4,7,12,14H2,1-2H3. The van der Waals surface area contributed by atoms with Gasteiger partial charge in [-0.3, -0.25) is 9.59 Å². The highest BCUT2D eigenvalue weighted by Crippen LogP contribution is 2.23. The second-order valence-corrected chi connectivity index (χ2v) is 7.24. The van der Waals surface area contributed by atoms with Gasteiger partial charge in [-0.05, 0) is 31.5 Å². The fourth-order valence-electron chi connectivity index (χ4n) is 3.36. The fourth-order valence-corrected chi connectivity index (χ4v) is 3.36. The van der Waals surface area contributed by atoms with E-state index in [2.05, 4.69) is 10.1 Å². The van der Waals surface area contributed by atoms with Gasteiger partial charge in [0.25, 0.3) is 5.91 Å². The van der Waals surface area contributed by atoms with Crippen LogP contribution < -0.4 is 4.90 Å². The Morgan fingerprint density at radius 3 is 2.72 bits per heavy atom. The Labute approximate surface area is 168 Å². The SMILES string of the molecule is Cc1ccc(-c2noc(CN(C)C(=O)c3cccc(N4CCCC4=O)c3)n2)cc1. The Morgan fingerprint density at radius 1 is 1.21 bits per heavy atom. The molecular formula is C22H22N4O3. The zero-order chi connectivity index (χ0) is 20.4. The van der Waals surface area contributed by atoms with Crippen LogP contribution in [0.25, 0.3) is 11.4 Å². The summed E-state index contributed by atoms with van der Waals surface area (Å²) in [5.74, 6) is 0.781. The van der Waals surface area contributed by atoms with E-state index in [0.29, 0.717) is 30.2 Å². The number of aryl methyl sites for hydroxylation is 1. The summed E-state index contributed by atoms with van der Waals surface area (Å²) in [7, 11) is 1.69. The lowest BCUT2D eigenvalue weighted by molar-refractivity contribution is -0.117. The predicted octanol–water partition coefficient (Wildman–Crippen LogP) is 3.44. The van der Waals surface area contributed by atoms with E-state index in [4.69, 9.17) is 4.52 Å². The summed E-state index contributed by atoms with van der Waals surface area (Å²) in [5.41, 5.74) is 3.29.